The summed E-state index contributed by atoms with van der Waals surface area (Å²) in [7, 11) is 0. The first-order valence-electron chi connectivity index (χ1n) is 7.40. The van der Waals surface area contributed by atoms with Crippen molar-refractivity contribution >= 4 is 23.1 Å². The Morgan fingerprint density at radius 2 is 1.85 bits per heavy atom. The molecular weight excluding hydrogens is 274 g/mol. The van der Waals surface area contributed by atoms with Gasteiger partial charge in [0.2, 0.25) is 0 Å². The van der Waals surface area contributed by atoms with Crippen molar-refractivity contribution in [2.24, 2.45) is 0 Å². The highest BCUT2D eigenvalue weighted by atomic mass is 35.5. The molecule has 0 aliphatic heterocycles. The van der Waals surface area contributed by atoms with Crippen molar-refractivity contribution in [2.45, 2.75) is 40.0 Å². The third kappa shape index (κ3) is 5.13. The lowest BCUT2D eigenvalue weighted by molar-refractivity contribution is 0.298. The van der Waals surface area contributed by atoms with Crippen molar-refractivity contribution in [3.8, 4) is 0 Å². The van der Waals surface area contributed by atoms with Crippen molar-refractivity contribution in [1.82, 2.24) is 14.9 Å². The molecule has 6 heteroatoms. The van der Waals surface area contributed by atoms with E-state index in [0.29, 0.717) is 16.7 Å². The molecule has 0 fully saturated rings. The zero-order valence-electron chi connectivity index (χ0n) is 12.7. The van der Waals surface area contributed by atoms with Crippen LogP contribution < -0.4 is 11.1 Å². The summed E-state index contributed by atoms with van der Waals surface area (Å²) < 4.78 is 0. The number of nitrogens with one attached hydrogen (secondary N) is 1. The summed E-state index contributed by atoms with van der Waals surface area (Å²) in [5.74, 6) is 1.37. The first-order chi connectivity index (χ1) is 9.62. The minimum Gasteiger partial charge on any atom is -0.393 e. The van der Waals surface area contributed by atoms with E-state index in [4.69, 9.17) is 17.3 Å². The number of hydrogen-bond acceptors (Lipinski definition) is 5. The first kappa shape index (κ1) is 17.0. The third-order valence-corrected chi connectivity index (χ3v) is 3.64. The fourth-order valence-electron chi connectivity index (χ4n) is 1.99. The second-order valence-corrected chi connectivity index (χ2v) is 5.07. The predicted molar refractivity (Wildman–Crippen MR) is 86.3 cm³/mol. The smallest absolute Gasteiger partial charge is 0.157 e. The number of aromatic nitrogens is 2. The Bertz CT molecular complexity index is 407. The van der Waals surface area contributed by atoms with Crippen LogP contribution >= 0.6 is 11.6 Å². The molecule has 1 rings (SSSR count). The summed E-state index contributed by atoms with van der Waals surface area (Å²) in [6, 6.07) is 0. The van der Waals surface area contributed by atoms with E-state index < -0.39 is 0 Å². The van der Waals surface area contributed by atoms with Gasteiger partial charge in [0.05, 0.1) is 0 Å². The van der Waals surface area contributed by atoms with Crippen LogP contribution in [0.1, 0.15) is 39.4 Å². The van der Waals surface area contributed by atoms with Gasteiger partial charge in [0.25, 0.3) is 0 Å². The van der Waals surface area contributed by atoms with Crippen molar-refractivity contribution in [3.63, 3.8) is 0 Å². The summed E-state index contributed by atoms with van der Waals surface area (Å²) in [6.07, 6.45) is 2.99. The topological polar surface area (TPSA) is 67.1 Å². The van der Waals surface area contributed by atoms with Crippen LogP contribution in [0, 0.1) is 0 Å². The monoisotopic (exact) mass is 299 g/mol. The second kappa shape index (κ2) is 8.97. The Morgan fingerprint density at radius 3 is 2.45 bits per heavy atom. The molecule has 5 nitrogen and oxygen atoms in total. The standard InChI is InChI=1S/C14H26ClN5/c1-4-11-18-13(15)12(16)14(19-11)17-9-7-8-10-20(5-2)6-3/h4-10,16H2,1-3H3,(H,17,18,19). The van der Waals surface area contributed by atoms with Crippen LogP contribution in [0.4, 0.5) is 11.5 Å². The van der Waals surface area contributed by atoms with Crippen molar-refractivity contribution in [3.05, 3.63) is 11.0 Å². The number of unbranched alkanes of at least 4 members (excludes halogenated alkanes) is 1. The van der Waals surface area contributed by atoms with Gasteiger partial charge < -0.3 is 16.0 Å². The van der Waals surface area contributed by atoms with Gasteiger partial charge in [0, 0.05) is 13.0 Å². The Balaban J connectivity index is 2.40. The highest BCUT2D eigenvalue weighted by Gasteiger charge is 2.08. The van der Waals surface area contributed by atoms with Gasteiger partial charge in [-0.1, -0.05) is 32.4 Å². The maximum Gasteiger partial charge on any atom is 0.157 e. The van der Waals surface area contributed by atoms with Gasteiger partial charge in [-0.2, -0.15) is 0 Å². The lowest BCUT2D eigenvalue weighted by Crippen LogP contribution is -2.24. The van der Waals surface area contributed by atoms with Crippen molar-refractivity contribution in [2.75, 3.05) is 37.2 Å². The van der Waals surface area contributed by atoms with Crippen LogP contribution in [0.3, 0.4) is 0 Å². The molecule has 0 aliphatic rings. The molecular formula is C14H26ClN5. The number of nitrogens with two attached hydrogens (primary N) is 1. The zero-order valence-corrected chi connectivity index (χ0v) is 13.5. The minimum absolute atomic E-state index is 0.336. The Labute approximate surface area is 126 Å². The fourth-order valence-corrected chi connectivity index (χ4v) is 2.17. The van der Waals surface area contributed by atoms with Crippen molar-refractivity contribution < 1.29 is 0 Å². The molecule has 1 aromatic rings. The highest BCUT2D eigenvalue weighted by Crippen LogP contribution is 2.23. The molecule has 20 heavy (non-hydrogen) atoms. The zero-order chi connectivity index (χ0) is 15.0. The van der Waals surface area contributed by atoms with Crippen LogP contribution in [0.15, 0.2) is 0 Å². The Kier molecular flexibility index (Phi) is 7.62. The van der Waals surface area contributed by atoms with Crippen LogP contribution in [0.25, 0.3) is 0 Å². The van der Waals surface area contributed by atoms with Crippen LogP contribution in [-0.4, -0.2) is 41.0 Å². The summed E-state index contributed by atoms with van der Waals surface area (Å²) in [5, 5.41) is 3.59. The molecule has 114 valence electrons. The fraction of sp³-hybridized carbons (Fsp3) is 0.714. The molecule has 0 aromatic carbocycles. The quantitative estimate of drug-likeness (QED) is 0.542. The van der Waals surface area contributed by atoms with E-state index in [1.54, 1.807) is 0 Å². The van der Waals surface area contributed by atoms with Gasteiger partial charge in [-0.05, 0) is 32.5 Å². The van der Waals surface area contributed by atoms with Crippen LogP contribution in [0.5, 0.6) is 0 Å². The first-order valence-corrected chi connectivity index (χ1v) is 7.78. The van der Waals surface area contributed by atoms with Gasteiger partial charge in [-0.25, -0.2) is 9.97 Å². The number of anilines is 2. The second-order valence-electron chi connectivity index (χ2n) is 4.71. The number of nitrogens with zero attached hydrogens (tertiary/aromatic N) is 3. The molecule has 0 bridgehead atoms. The average molecular weight is 300 g/mol. The summed E-state index contributed by atoms with van der Waals surface area (Å²) in [4.78, 5) is 10.9. The third-order valence-electron chi connectivity index (χ3n) is 3.35. The lowest BCUT2D eigenvalue weighted by Gasteiger charge is -2.17. The minimum atomic E-state index is 0.336. The van der Waals surface area contributed by atoms with Crippen LogP contribution in [0.2, 0.25) is 5.15 Å². The maximum atomic E-state index is 5.99. The molecule has 0 aliphatic carbocycles. The molecule has 0 unspecified atom stereocenters. The average Bonchev–Trinajstić information content (AvgIpc) is 2.46. The van der Waals surface area contributed by atoms with Crippen LogP contribution in [-0.2, 0) is 6.42 Å². The molecule has 0 saturated carbocycles. The maximum absolute atomic E-state index is 5.99. The Morgan fingerprint density at radius 1 is 1.15 bits per heavy atom. The molecule has 1 aromatic heterocycles. The summed E-state index contributed by atoms with van der Waals surface area (Å²) in [6.45, 7) is 10.6. The van der Waals surface area contributed by atoms with Gasteiger partial charge in [-0.15, -0.1) is 0 Å². The van der Waals surface area contributed by atoms with E-state index in [0.717, 1.165) is 51.3 Å². The summed E-state index contributed by atoms with van der Waals surface area (Å²) in [5.41, 5.74) is 6.32. The number of rotatable bonds is 9. The van der Waals surface area contributed by atoms with E-state index in [1.165, 1.54) is 0 Å². The van der Waals surface area contributed by atoms with E-state index in [1.807, 2.05) is 6.92 Å². The number of hydrogen-bond donors (Lipinski definition) is 2. The Hall–Kier alpha value is -1.07. The molecule has 0 amide bonds. The largest absolute Gasteiger partial charge is 0.393 e. The SMILES string of the molecule is CCc1nc(Cl)c(N)c(NCCCCN(CC)CC)n1. The number of nitrogen functional groups attached to an aromatic ring is 1. The predicted octanol–water partition coefficient (Wildman–Crippen LogP) is 2.81. The molecule has 0 atom stereocenters. The number of halogens is 1. The molecule has 3 N–H and O–H groups in total. The number of aryl methyl sites for hydroxylation is 1. The van der Waals surface area contributed by atoms with E-state index in [9.17, 15) is 0 Å². The molecule has 1 heterocycles. The van der Waals surface area contributed by atoms with E-state index in [2.05, 4.69) is 34.0 Å². The highest BCUT2D eigenvalue weighted by molar-refractivity contribution is 6.32. The lowest BCUT2D eigenvalue weighted by atomic mass is 10.3. The van der Waals surface area contributed by atoms with Gasteiger partial charge in [0.1, 0.15) is 11.5 Å². The van der Waals surface area contributed by atoms with E-state index >= 15 is 0 Å². The normalized spacial score (nSPS) is 11.1. The molecule has 0 saturated heterocycles. The summed E-state index contributed by atoms with van der Waals surface area (Å²) >= 11 is 5.99. The molecule has 0 spiro atoms. The van der Waals surface area contributed by atoms with Gasteiger partial charge in [-0.3, -0.25) is 0 Å². The van der Waals surface area contributed by atoms with Gasteiger partial charge >= 0.3 is 0 Å². The molecule has 0 radical (unpaired) electrons. The van der Waals surface area contributed by atoms with Gasteiger partial charge in [0.15, 0.2) is 11.0 Å². The van der Waals surface area contributed by atoms with E-state index in [-0.39, 0.29) is 0 Å². The van der Waals surface area contributed by atoms with Crippen molar-refractivity contribution in [1.29, 1.82) is 0 Å².